The quantitative estimate of drug-likeness (QED) is 0.413. The summed E-state index contributed by atoms with van der Waals surface area (Å²) in [6.45, 7) is 0.343. The lowest BCUT2D eigenvalue weighted by Gasteiger charge is -2.20. The van der Waals surface area contributed by atoms with Gasteiger partial charge in [0.1, 0.15) is 0 Å². The number of hydrogen-bond acceptors (Lipinski definition) is 5. The third-order valence-corrected chi connectivity index (χ3v) is 6.09. The molecule has 0 spiro atoms. The second-order valence-electron chi connectivity index (χ2n) is 6.81. The standard InChI is InChI=1S/C21H19Cl2N3O2S/c22-15-3-1-14(2-4-15)21-25-24-19(28-21)13-26(17-7-8-17)20(27)11-12-29-18-9-5-16(23)6-10-18/h1-6,9-10,17H,7-8,11-13H2. The molecule has 1 aromatic heterocycles. The zero-order chi connectivity index (χ0) is 20.2. The monoisotopic (exact) mass is 447 g/mol. The molecule has 5 nitrogen and oxygen atoms in total. The van der Waals surface area contributed by atoms with Crippen LogP contribution in [0.1, 0.15) is 25.2 Å². The first-order valence-corrected chi connectivity index (χ1v) is 11.1. The fraction of sp³-hybridized carbons (Fsp3) is 0.286. The van der Waals surface area contributed by atoms with Crippen LogP contribution >= 0.6 is 35.0 Å². The molecule has 0 bridgehead atoms. The SMILES string of the molecule is O=C(CCSc1ccc(Cl)cc1)N(Cc1nnc(-c2ccc(Cl)cc2)o1)C1CC1. The summed E-state index contributed by atoms with van der Waals surface area (Å²) in [5.41, 5.74) is 0.803. The van der Waals surface area contributed by atoms with Crippen molar-refractivity contribution in [3.8, 4) is 11.5 Å². The first kappa shape index (κ1) is 20.3. The fourth-order valence-electron chi connectivity index (χ4n) is 2.91. The first-order valence-electron chi connectivity index (χ1n) is 9.34. The Kier molecular flexibility index (Phi) is 6.43. The minimum Gasteiger partial charge on any atom is -0.419 e. The van der Waals surface area contributed by atoms with Crippen LogP contribution in [0.3, 0.4) is 0 Å². The topological polar surface area (TPSA) is 59.2 Å². The number of hydrogen-bond donors (Lipinski definition) is 0. The highest BCUT2D eigenvalue weighted by Gasteiger charge is 2.33. The third kappa shape index (κ3) is 5.53. The highest BCUT2D eigenvalue weighted by atomic mass is 35.5. The van der Waals surface area contributed by atoms with Crippen LogP contribution in [-0.4, -0.2) is 32.8 Å². The van der Waals surface area contributed by atoms with Gasteiger partial charge in [0.05, 0.1) is 6.54 Å². The van der Waals surface area contributed by atoms with E-state index in [9.17, 15) is 4.79 Å². The highest BCUT2D eigenvalue weighted by molar-refractivity contribution is 7.99. The molecular weight excluding hydrogens is 429 g/mol. The van der Waals surface area contributed by atoms with E-state index in [0.29, 0.717) is 40.5 Å². The van der Waals surface area contributed by atoms with Crippen molar-refractivity contribution in [1.29, 1.82) is 0 Å². The summed E-state index contributed by atoms with van der Waals surface area (Å²) in [4.78, 5) is 15.7. The molecular formula is C21H19Cl2N3O2S. The molecule has 0 unspecified atom stereocenters. The third-order valence-electron chi connectivity index (χ3n) is 4.57. The van der Waals surface area contributed by atoms with Crippen LogP contribution < -0.4 is 0 Å². The van der Waals surface area contributed by atoms with Crippen LogP contribution in [0.5, 0.6) is 0 Å². The van der Waals surface area contributed by atoms with Crippen LogP contribution in [0.2, 0.25) is 10.0 Å². The Bertz CT molecular complexity index is 972. The number of amides is 1. The average Bonchev–Trinajstić information content (AvgIpc) is 3.46. The number of rotatable bonds is 8. The van der Waals surface area contributed by atoms with Gasteiger partial charge in [-0.25, -0.2) is 0 Å². The molecule has 0 atom stereocenters. The number of carbonyl (C=O) groups excluding carboxylic acids is 1. The van der Waals surface area contributed by atoms with Crippen molar-refractivity contribution < 1.29 is 9.21 Å². The smallest absolute Gasteiger partial charge is 0.247 e. The highest BCUT2D eigenvalue weighted by Crippen LogP contribution is 2.30. The first-order chi connectivity index (χ1) is 14.1. The number of aromatic nitrogens is 2. The van der Waals surface area contributed by atoms with Gasteiger partial charge in [0.25, 0.3) is 0 Å². The van der Waals surface area contributed by atoms with Gasteiger partial charge in [0.2, 0.25) is 17.7 Å². The van der Waals surface area contributed by atoms with Gasteiger partial charge in [-0.05, 0) is 61.4 Å². The van der Waals surface area contributed by atoms with Gasteiger partial charge in [0.15, 0.2) is 0 Å². The van der Waals surface area contributed by atoms with Crippen LogP contribution in [0.4, 0.5) is 0 Å². The second-order valence-corrected chi connectivity index (χ2v) is 8.85. The molecule has 150 valence electrons. The van der Waals surface area contributed by atoms with Crippen molar-refractivity contribution in [3.63, 3.8) is 0 Å². The largest absolute Gasteiger partial charge is 0.419 e. The van der Waals surface area contributed by atoms with E-state index in [4.69, 9.17) is 27.6 Å². The van der Waals surface area contributed by atoms with Crippen LogP contribution in [0, 0.1) is 0 Å². The maximum absolute atomic E-state index is 12.8. The summed E-state index contributed by atoms with van der Waals surface area (Å²) >= 11 is 13.5. The molecule has 1 fully saturated rings. The summed E-state index contributed by atoms with van der Waals surface area (Å²) in [6, 6.07) is 15.1. The van der Waals surface area contributed by atoms with Crippen molar-refractivity contribution in [2.45, 2.75) is 36.7 Å². The second kappa shape index (κ2) is 9.20. The van der Waals surface area contributed by atoms with E-state index in [1.807, 2.05) is 41.3 Å². The van der Waals surface area contributed by atoms with Crippen molar-refractivity contribution >= 4 is 40.9 Å². The van der Waals surface area contributed by atoms with Gasteiger partial charge in [-0.1, -0.05) is 23.2 Å². The molecule has 2 aromatic carbocycles. The number of nitrogens with zero attached hydrogens (tertiary/aromatic N) is 3. The van der Waals surface area contributed by atoms with Gasteiger partial charge in [0, 0.05) is 38.7 Å². The molecule has 4 rings (SSSR count). The molecule has 0 saturated heterocycles. The molecule has 0 N–H and O–H groups in total. The number of halogens is 2. The Labute approximate surface area is 183 Å². The average molecular weight is 448 g/mol. The van der Waals surface area contributed by atoms with Crippen molar-refractivity contribution in [3.05, 3.63) is 64.5 Å². The van der Waals surface area contributed by atoms with E-state index in [1.165, 1.54) is 0 Å². The van der Waals surface area contributed by atoms with E-state index in [2.05, 4.69) is 10.2 Å². The Morgan fingerprint density at radius 3 is 2.34 bits per heavy atom. The molecule has 0 radical (unpaired) electrons. The zero-order valence-corrected chi connectivity index (χ0v) is 17.9. The van der Waals surface area contributed by atoms with Gasteiger partial charge in [-0.2, -0.15) is 0 Å². The van der Waals surface area contributed by atoms with E-state index in [1.54, 1.807) is 23.9 Å². The summed E-state index contributed by atoms with van der Waals surface area (Å²) in [5.74, 6) is 1.70. The van der Waals surface area contributed by atoms with Gasteiger partial charge in [-0.15, -0.1) is 22.0 Å². The summed E-state index contributed by atoms with van der Waals surface area (Å²) in [7, 11) is 0. The molecule has 1 aliphatic rings. The lowest BCUT2D eigenvalue weighted by Crippen LogP contribution is -2.32. The van der Waals surface area contributed by atoms with Gasteiger partial charge in [-0.3, -0.25) is 4.79 Å². The minimum absolute atomic E-state index is 0.111. The predicted octanol–water partition coefficient (Wildman–Crippen LogP) is 5.72. The van der Waals surface area contributed by atoms with Crippen LogP contribution in [0.15, 0.2) is 57.8 Å². The van der Waals surface area contributed by atoms with E-state index in [0.717, 1.165) is 23.3 Å². The van der Waals surface area contributed by atoms with Crippen LogP contribution in [0.25, 0.3) is 11.5 Å². The Morgan fingerprint density at radius 1 is 1.03 bits per heavy atom. The Balaban J connectivity index is 1.35. The molecule has 0 aliphatic heterocycles. The van der Waals surface area contributed by atoms with Crippen molar-refractivity contribution in [1.82, 2.24) is 15.1 Å². The van der Waals surface area contributed by atoms with Gasteiger partial charge >= 0.3 is 0 Å². The maximum Gasteiger partial charge on any atom is 0.247 e. The summed E-state index contributed by atoms with van der Waals surface area (Å²) in [6.07, 6.45) is 2.50. The molecule has 1 heterocycles. The normalized spacial score (nSPS) is 13.4. The number of thioether (sulfide) groups is 1. The predicted molar refractivity (Wildman–Crippen MR) is 115 cm³/mol. The molecule has 8 heteroatoms. The van der Waals surface area contributed by atoms with E-state index < -0.39 is 0 Å². The van der Waals surface area contributed by atoms with Gasteiger partial charge < -0.3 is 9.32 Å². The molecule has 29 heavy (non-hydrogen) atoms. The number of carbonyl (C=O) groups is 1. The van der Waals surface area contributed by atoms with E-state index in [-0.39, 0.29) is 11.9 Å². The molecule has 3 aromatic rings. The number of benzene rings is 2. The summed E-state index contributed by atoms with van der Waals surface area (Å²) < 4.78 is 5.78. The van der Waals surface area contributed by atoms with Crippen molar-refractivity contribution in [2.75, 3.05) is 5.75 Å². The van der Waals surface area contributed by atoms with Crippen LogP contribution in [-0.2, 0) is 11.3 Å². The Morgan fingerprint density at radius 2 is 1.69 bits per heavy atom. The zero-order valence-electron chi connectivity index (χ0n) is 15.6. The molecule has 1 aliphatic carbocycles. The lowest BCUT2D eigenvalue weighted by atomic mass is 10.2. The molecule has 1 saturated carbocycles. The fourth-order valence-corrected chi connectivity index (χ4v) is 4.00. The summed E-state index contributed by atoms with van der Waals surface area (Å²) in [5, 5.41) is 9.59. The Hall–Kier alpha value is -2.02. The maximum atomic E-state index is 12.8. The van der Waals surface area contributed by atoms with Crippen molar-refractivity contribution in [2.24, 2.45) is 0 Å². The van der Waals surface area contributed by atoms with E-state index >= 15 is 0 Å². The minimum atomic E-state index is 0.111. The molecule has 1 amide bonds. The lowest BCUT2D eigenvalue weighted by molar-refractivity contribution is -0.132.